The SMILES string of the molecule is C=CCn1c(COc2cccc(C)c2)nnc1S[C@H](CC)C(=O)Nc1cc(C)on1. The second kappa shape index (κ2) is 10.1. The van der Waals surface area contributed by atoms with E-state index in [2.05, 4.69) is 27.2 Å². The number of aryl methyl sites for hydroxylation is 2. The lowest BCUT2D eigenvalue weighted by Gasteiger charge is -2.14. The number of benzene rings is 1. The van der Waals surface area contributed by atoms with Crippen LogP contribution >= 0.6 is 11.8 Å². The lowest BCUT2D eigenvalue weighted by atomic mass is 10.2. The van der Waals surface area contributed by atoms with Gasteiger partial charge in [-0.3, -0.25) is 9.36 Å². The highest BCUT2D eigenvalue weighted by atomic mass is 32.2. The molecule has 3 rings (SSSR count). The van der Waals surface area contributed by atoms with Gasteiger partial charge in [0.15, 0.2) is 16.8 Å². The molecule has 1 aromatic carbocycles. The average Bonchev–Trinajstić information content (AvgIpc) is 3.30. The molecule has 158 valence electrons. The van der Waals surface area contributed by atoms with Crippen molar-refractivity contribution < 1.29 is 14.1 Å². The van der Waals surface area contributed by atoms with Crippen LogP contribution in [0.2, 0.25) is 0 Å². The van der Waals surface area contributed by atoms with Crippen molar-refractivity contribution in [2.24, 2.45) is 0 Å². The molecule has 0 radical (unpaired) electrons. The van der Waals surface area contributed by atoms with Crippen molar-refractivity contribution in [1.82, 2.24) is 19.9 Å². The van der Waals surface area contributed by atoms with Crippen molar-refractivity contribution in [2.75, 3.05) is 5.32 Å². The van der Waals surface area contributed by atoms with Gasteiger partial charge < -0.3 is 14.6 Å². The number of anilines is 1. The number of rotatable bonds is 10. The summed E-state index contributed by atoms with van der Waals surface area (Å²) in [5.74, 6) is 2.31. The molecule has 8 nitrogen and oxygen atoms in total. The molecule has 2 aromatic heterocycles. The Morgan fingerprint density at radius 2 is 2.20 bits per heavy atom. The molecular formula is C21H25N5O3S. The molecule has 0 saturated heterocycles. The highest BCUT2D eigenvalue weighted by molar-refractivity contribution is 8.00. The van der Waals surface area contributed by atoms with Gasteiger partial charge in [0.1, 0.15) is 18.1 Å². The Hall–Kier alpha value is -3.07. The third-order valence-corrected chi connectivity index (χ3v) is 5.60. The van der Waals surface area contributed by atoms with Gasteiger partial charge >= 0.3 is 0 Å². The number of carbonyl (C=O) groups is 1. The zero-order valence-corrected chi connectivity index (χ0v) is 18.1. The Balaban J connectivity index is 1.70. The summed E-state index contributed by atoms with van der Waals surface area (Å²) in [6.07, 6.45) is 2.38. The average molecular weight is 428 g/mol. The van der Waals surface area contributed by atoms with E-state index in [-0.39, 0.29) is 17.8 Å². The summed E-state index contributed by atoms with van der Waals surface area (Å²) < 4.78 is 12.8. The van der Waals surface area contributed by atoms with Gasteiger partial charge in [-0.25, -0.2) is 0 Å². The van der Waals surface area contributed by atoms with Crippen LogP contribution in [0, 0.1) is 13.8 Å². The van der Waals surface area contributed by atoms with Crippen LogP contribution in [0.5, 0.6) is 5.75 Å². The van der Waals surface area contributed by atoms with Crippen LogP contribution in [-0.4, -0.2) is 31.1 Å². The van der Waals surface area contributed by atoms with E-state index in [4.69, 9.17) is 9.26 Å². The van der Waals surface area contributed by atoms with Crippen LogP contribution in [0.25, 0.3) is 0 Å². The molecule has 0 aliphatic rings. The first kappa shape index (κ1) is 21.6. The van der Waals surface area contributed by atoms with Gasteiger partial charge in [0.2, 0.25) is 5.91 Å². The molecule has 0 aliphatic heterocycles. The topological polar surface area (TPSA) is 95.1 Å². The van der Waals surface area contributed by atoms with Crippen LogP contribution in [0.4, 0.5) is 5.82 Å². The number of nitrogens with one attached hydrogen (secondary N) is 1. The fraction of sp³-hybridized carbons (Fsp3) is 0.333. The van der Waals surface area contributed by atoms with Gasteiger partial charge in [0.05, 0.1) is 5.25 Å². The molecule has 0 bridgehead atoms. The minimum Gasteiger partial charge on any atom is -0.486 e. The first-order valence-electron chi connectivity index (χ1n) is 9.63. The maximum absolute atomic E-state index is 12.7. The van der Waals surface area contributed by atoms with Gasteiger partial charge in [0, 0.05) is 12.6 Å². The maximum Gasteiger partial charge on any atom is 0.239 e. The zero-order valence-electron chi connectivity index (χ0n) is 17.3. The highest BCUT2D eigenvalue weighted by Gasteiger charge is 2.23. The minimum atomic E-state index is -0.361. The summed E-state index contributed by atoms with van der Waals surface area (Å²) in [7, 11) is 0. The summed E-state index contributed by atoms with van der Waals surface area (Å²) in [6.45, 7) is 10.3. The minimum absolute atomic E-state index is 0.165. The molecule has 1 atom stereocenters. The van der Waals surface area contributed by atoms with Gasteiger partial charge in [-0.05, 0) is 38.0 Å². The molecule has 0 saturated carbocycles. The Kier molecular flexibility index (Phi) is 7.29. The summed E-state index contributed by atoms with van der Waals surface area (Å²) >= 11 is 1.35. The molecule has 2 heterocycles. The normalized spacial score (nSPS) is 11.8. The van der Waals surface area contributed by atoms with E-state index in [1.165, 1.54) is 11.8 Å². The van der Waals surface area contributed by atoms with Crippen molar-refractivity contribution in [3.05, 3.63) is 60.1 Å². The quantitative estimate of drug-likeness (QED) is 0.383. The fourth-order valence-corrected chi connectivity index (χ4v) is 3.74. The number of amides is 1. The molecule has 0 spiro atoms. The molecule has 1 N–H and O–H groups in total. The Morgan fingerprint density at radius 3 is 2.87 bits per heavy atom. The number of thioether (sulfide) groups is 1. The summed E-state index contributed by atoms with van der Waals surface area (Å²) in [6, 6.07) is 9.50. The smallest absolute Gasteiger partial charge is 0.239 e. The van der Waals surface area contributed by atoms with E-state index in [9.17, 15) is 4.79 Å². The van der Waals surface area contributed by atoms with Gasteiger partial charge in [0.25, 0.3) is 0 Å². The Morgan fingerprint density at radius 1 is 1.37 bits per heavy atom. The molecule has 0 unspecified atom stereocenters. The zero-order chi connectivity index (χ0) is 21.5. The van der Waals surface area contributed by atoms with E-state index >= 15 is 0 Å². The van der Waals surface area contributed by atoms with Crippen molar-refractivity contribution in [1.29, 1.82) is 0 Å². The van der Waals surface area contributed by atoms with Crippen LogP contribution < -0.4 is 10.1 Å². The predicted octanol–water partition coefficient (Wildman–Crippen LogP) is 4.16. The van der Waals surface area contributed by atoms with Crippen LogP contribution in [0.15, 0.2) is 52.7 Å². The largest absolute Gasteiger partial charge is 0.486 e. The Bertz CT molecular complexity index is 1010. The second-order valence-electron chi connectivity index (χ2n) is 6.73. The molecule has 3 aromatic rings. The van der Waals surface area contributed by atoms with E-state index < -0.39 is 0 Å². The number of ether oxygens (including phenoxy) is 1. The number of carbonyl (C=O) groups excluding carboxylic acids is 1. The van der Waals surface area contributed by atoms with Crippen molar-refractivity contribution in [3.8, 4) is 5.75 Å². The number of hydrogen-bond donors (Lipinski definition) is 1. The standard InChI is InChI=1S/C21H25N5O3S/c1-5-10-26-19(13-28-16-9-7-8-14(3)11-16)23-24-21(26)30-17(6-2)20(27)22-18-12-15(4)29-25-18/h5,7-9,11-12,17H,1,6,10,13H2,2-4H3,(H,22,25,27)/t17-/m1/s1. The van der Waals surface area contributed by atoms with Crippen molar-refractivity contribution in [2.45, 2.75) is 50.8 Å². The monoisotopic (exact) mass is 427 g/mol. The first-order valence-corrected chi connectivity index (χ1v) is 10.5. The van der Waals surface area contributed by atoms with E-state index in [0.717, 1.165) is 11.3 Å². The number of aromatic nitrogens is 4. The van der Waals surface area contributed by atoms with Crippen molar-refractivity contribution in [3.63, 3.8) is 0 Å². The number of allylic oxidation sites excluding steroid dienone is 1. The van der Waals surface area contributed by atoms with Gasteiger partial charge in [-0.1, -0.05) is 42.1 Å². The van der Waals surface area contributed by atoms with Gasteiger partial charge in [-0.2, -0.15) is 0 Å². The first-order chi connectivity index (χ1) is 14.5. The molecule has 9 heteroatoms. The predicted molar refractivity (Wildman–Crippen MR) is 116 cm³/mol. The summed E-state index contributed by atoms with van der Waals surface area (Å²) in [5.41, 5.74) is 1.12. The number of hydrogen-bond acceptors (Lipinski definition) is 7. The highest BCUT2D eigenvalue weighted by Crippen LogP contribution is 2.26. The maximum atomic E-state index is 12.7. The molecule has 1 amide bonds. The summed E-state index contributed by atoms with van der Waals surface area (Å²) in [4.78, 5) is 12.7. The van der Waals surface area contributed by atoms with E-state index in [1.807, 2.05) is 42.7 Å². The lowest BCUT2D eigenvalue weighted by molar-refractivity contribution is -0.115. The van der Waals surface area contributed by atoms with E-state index in [1.54, 1.807) is 19.1 Å². The molecule has 0 fully saturated rings. The molecule has 30 heavy (non-hydrogen) atoms. The third kappa shape index (κ3) is 5.50. The van der Waals surface area contributed by atoms with Crippen LogP contribution in [-0.2, 0) is 17.9 Å². The van der Waals surface area contributed by atoms with Crippen LogP contribution in [0.1, 0.15) is 30.5 Å². The van der Waals surface area contributed by atoms with E-state index in [0.29, 0.717) is 35.5 Å². The lowest BCUT2D eigenvalue weighted by Crippen LogP contribution is -2.25. The second-order valence-corrected chi connectivity index (χ2v) is 7.90. The Labute approximate surface area is 179 Å². The molecular weight excluding hydrogens is 402 g/mol. The van der Waals surface area contributed by atoms with Gasteiger partial charge in [-0.15, -0.1) is 16.8 Å². The molecule has 0 aliphatic carbocycles. The van der Waals surface area contributed by atoms with Crippen molar-refractivity contribution >= 4 is 23.5 Å². The number of nitrogens with zero attached hydrogens (tertiary/aromatic N) is 4. The van der Waals surface area contributed by atoms with Crippen LogP contribution in [0.3, 0.4) is 0 Å². The third-order valence-electron chi connectivity index (χ3n) is 4.25. The summed E-state index contributed by atoms with van der Waals surface area (Å²) in [5, 5.41) is 15.4. The fourth-order valence-electron chi connectivity index (χ4n) is 2.76.